The Kier molecular flexibility index (Phi) is 9.37. The molecule has 0 saturated carbocycles. The van der Waals surface area contributed by atoms with Crippen molar-refractivity contribution in [3.05, 3.63) is 58.3 Å². The number of carbonyl (C=O) groups excluding carboxylic acids is 2. The predicted octanol–water partition coefficient (Wildman–Crippen LogP) is 1.21. The van der Waals surface area contributed by atoms with Gasteiger partial charge in [0.1, 0.15) is 0 Å². The van der Waals surface area contributed by atoms with Gasteiger partial charge in [0, 0.05) is 50.0 Å². The van der Waals surface area contributed by atoms with Gasteiger partial charge >= 0.3 is 0 Å². The van der Waals surface area contributed by atoms with Crippen LogP contribution in [0.3, 0.4) is 0 Å². The summed E-state index contributed by atoms with van der Waals surface area (Å²) < 4.78 is 32.3. The number of amides is 2. The van der Waals surface area contributed by atoms with Crippen molar-refractivity contribution in [2.75, 3.05) is 26.8 Å². The van der Waals surface area contributed by atoms with Gasteiger partial charge < -0.3 is 15.4 Å². The van der Waals surface area contributed by atoms with Gasteiger partial charge in [0.2, 0.25) is 15.9 Å². The Morgan fingerprint density at radius 2 is 1.83 bits per heavy atom. The molecule has 2 aromatic rings. The lowest BCUT2D eigenvalue weighted by atomic mass is 10.2. The molecule has 11 heteroatoms. The number of pyridine rings is 1. The molecule has 0 saturated heterocycles. The van der Waals surface area contributed by atoms with Crippen LogP contribution in [0.4, 0.5) is 0 Å². The van der Waals surface area contributed by atoms with E-state index < -0.39 is 15.9 Å². The topological polar surface area (TPSA) is 126 Å². The van der Waals surface area contributed by atoms with Crippen molar-refractivity contribution in [3.63, 3.8) is 0 Å². The summed E-state index contributed by atoms with van der Waals surface area (Å²) in [6.07, 6.45) is 3.37. The fourth-order valence-electron chi connectivity index (χ4n) is 2.38. The zero-order valence-electron chi connectivity index (χ0n) is 16.4. The third kappa shape index (κ3) is 7.48. The molecular weight excluding hydrogens is 476 g/mol. The highest BCUT2D eigenvalue weighted by molar-refractivity contribution is 9.10. The van der Waals surface area contributed by atoms with Crippen LogP contribution in [0.2, 0.25) is 0 Å². The molecule has 0 unspecified atom stereocenters. The summed E-state index contributed by atoms with van der Waals surface area (Å²) in [6, 6.07) is 7.75. The maximum atomic E-state index is 12.5. The third-order valence-electron chi connectivity index (χ3n) is 3.97. The highest BCUT2D eigenvalue weighted by atomic mass is 79.9. The fraction of sp³-hybridized carbons (Fsp3) is 0.316. The maximum absolute atomic E-state index is 12.5. The van der Waals surface area contributed by atoms with Crippen molar-refractivity contribution in [2.24, 2.45) is 0 Å². The zero-order chi connectivity index (χ0) is 22.0. The Bertz CT molecular complexity index is 970. The van der Waals surface area contributed by atoms with Crippen molar-refractivity contribution < 1.29 is 22.7 Å². The lowest BCUT2D eigenvalue weighted by Gasteiger charge is -2.11. The van der Waals surface area contributed by atoms with Crippen molar-refractivity contribution in [3.8, 4) is 0 Å². The van der Waals surface area contributed by atoms with E-state index in [1.807, 2.05) is 0 Å². The minimum Gasteiger partial charge on any atom is -0.383 e. The number of methoxy groups -OCH3 is 1. The summed E-state index contributed by atoms with van der Waals surface area (Å²) in [6.45, 7) is 0.824. The van der Waals surface area contributed by atoms with E-state index in [4.69, 9.17) is 4.74 Å². The van der Waals surface area contributed by atoms with E-state index in [1.165, 1.54) is 25.3 Å². The zero-order valence-corrected chi connectivity index (χ0v) is 18.8. The highest BCUT2D eigenvalue weighted by Crippen LogP contribution is 2.21. The molecule has 2 rings (SSSR count). The number of rotatable bonds is 11. The molecule has 0 aliphatic heterocycles. The molecule has 0 spiro atoms. The molecule has 0 atom stereocenters. The number of sulfonamides is 1. The number of halogens is 1. The van der Waals surface area contributed by atoms with Gasteiger partial charge in [0.25, 0.3) is 5.91 Å². The largest absolute Gasteiger partial charge is 0.383 e. The van der Waals surface area contributed by atoms with Crippen LogP contribution in [0, 0.1) is 0 Å². The Morgan fingerprint density at radius 1 is 1.10 bits per heavy atom. The van der Waals surface area contributed by atoms with Gasteiger partial charge in [-0.15, -0.1) is 0 Å². The minimum absolute atomic E-state index is 0.0398. The molecule has 1 aromatic carbocycles. The second-order valence-electron chi connectivity index (χ2n) is 6.17. The van der Waals surface area contributed by atoms with E-state index in [-0.39, 0.29) is 42.5 Å². The number of aromatic nitrogens is 1. The molecule has 3 N–H and O–H groups in total. The van der Waals surface area contributed by atoms with Crippen LogP contribution in [0.15, 0.2) is 52.1 Å². The normalized spacial score (nSPS) is 11.1. The van der Waals surface area contributed by atoms with Crippen LogP contribution in [-0.4, -0.2) is 52.0 Å². The van der Waals surface area contributed by atoms with E-state index in [0.717, 1.165) is 5.56 Å². The first-order valence-corrected chi connectivity index (χ1v) is 11.3. The van der Waals surface area contributed by atoms with Crippen LogP contribution >= 0.6 is 15.9 Å². The lowest BCUT2D eigenvalue weighted by Crippen LogP contribution is -2.31. The molecule has 162 valence electrons. The number of nitrogens with zero attached hydrogens (tertiary/aromatic N) is 1. The molecule has 30 heavy (non-hydrogen) atoms. The summed E-state index contributed by atoms with van der Waals surface area (Å²) >= 11 is 3.25. The van der Waals surface area contributed by atoms with Crippen molar-refractivity contribution in [1.29, 1.82) is 0 Å². The number of carbonyl (C=O) groups is 2. The minimum atomic E-state index is -3.77. The molecule has 9 nitrogen and oxygen atoms in total. The SMILES string of the molecule is COCCNS(=O)(=O)c1ccc(Br)c(C(=O)NCCC(=O)NCc2ccncc2)c1. The lowest BCUT2D eigenvalue weighted by molar-refractivity contribution is -0.121. The van der Waals surface area contributed by atoms with Crippen LogP contribution < -0.4 is 15.4 Å². The molecule has 0 radical (unpaired) electrons. The van der Waals surface area contributed by atoms with E-state index in [2.05, 4.69) is 36.3 Å². The Labute approximate surface area is 183 Å². The first-order valence-electron chi connectivity index (χ1n) is 9.05. The van der Waals surface area contributed by atoms with Crippen LogP contribution in [0.25, 0.3) is 0 Å². The summed E-state index contributed by atoms with van der Waals surface area (Å²) in [7, 11) is -2.30. The number of hydrogen-bond donors (Lipinski definition) is 3. The summed E-state index contributed by atoms with van der Waals surface area (Å²) in [4.78, 5) is 28.2. The van der Waals surface area contributed by atoms with Gasteiger partial charge in [0.15, 0.2) is 0 Å². The predicted molar refractivity (Wildman–Crippen MR) is 114 cm³/mol. The maximum Gasteiger partial charge on any atom is 0.252 e. The second kappa shape index (κ2) is 11.7. The van der Waals surface area contributed by atoms with E-state index >= 15 is 0 Å². The first kappa shape index (κ1) is 23.9. The van der Waals surface area contributed by atoms with Gasteiger partial charge in [-0.05, 0) is 51.8 Å². The smallest absolute Gasteiger partial charge is 0.252 e. The standard InChI is InChI=1S/C19H23BrN4O5S/c1-29-11-10-24-30(27,28)15-2-3-17(20)16(12-15)19(26)22-9-6-18(25)23-13-14-4-7-21-8-5-14/h2-5,7-8,12,24H,6,9-11,13H2,1H3,(H,22,26)(H,23,25). The second-order valence-corrected chi connectivity index (χ2v) is 8.79. The summed E-state index contributed by atoms with van der Waals surface area (Å²) in [5.41, 5.74) is 1.07. The average Bonchev–Trinajstić information content (AvgIpc) is 2.73. The van der Waals surface area contributed by atoms with Gasteiger partial charge in [-0.1, -0.05) is 0 Å². The average molecular weight is 499 g/mol. The molecule has 0 fully saturated rings. The first-order chi connectivity index (χ1) is 14.3. The van der Waals surface area contributed by atoms with Crippen LogP contribution in [0.1, 0.15) is 22.3 Å². The number of benzene rings is 1. The van der Waals surface area contributed by atoms with Crippen molar-refractivity contribution in [1.82, 2.24) is 20.3 Å². The number of hydrogen-bond acceptors (Lipinski definition) is 6. The molecule has 1 heterocycles. The van der Waals surface area contributed by atoms with E-state index in [0.29, 0.717) is 11.0 Å². The molecule has 0 bridgehead atoms. The quantitative estimate of drug-likeness (QED) is 0.399. The van der Waals surface area contributed by atoms with E-state index in [1.54, 1.807) is 24.5 Å². The third-order valence-corrected chi connectivity index (χ3v) is 6.12. The van der Waals surface area contributed by atoms with Gasteiger partial charge in [0.05, 0.1) is 17.1 Å². The van der Waals surface area contributed by atoms with Gasteiger partial charge in [-0.3, -0.25) is 14.6 Å². The number of ether oxygens (including phenoxy) is 1. The molecule has 0 aliphatic rings. The monoisotopic (exact) mass is 498 g/mol. The van der Waals surface area contributed by atoms with Crippen LogP contribution in [-0.2, 0) is 26.1 Å². The molecule has 0 aliphatic carbocycles. The van der Waals surface area contributed by atoms with Crippen molar-refractivity contribution in [2.45, 2.75) is 17.9 Å². The summed E-state index contributed by atoms with van der Waals surface area (Å²) in [5, 5.41) is 5.38. The summed E-state index contributed by atoms with van der Waals surface area (Å²) in [5.74, 6) is -0.706. The van der Waals surface area contributed by atoms with Gasteiger partial charge in [-0.2, -0.15) is 0 Å². The van der Waals surface area contributed by atoms with Gasteiger partial charge in [-0.25, -0.2) is 13.1 Å². The molecule has 2 amide bonds. The fourth-order valence-corrected chi connectivity index (χ4v) is 3.85. The van der Waals surface area contributed by atoms with Crippen LogP contribution in [0.5, 0.6) is 0 Å². The Morgan fingerprint density at radius 3 is 2.53 bits per heavy atom. The Hall–Kier alpha value is -2.34. The molecule has 1 aromatic heterocycles. The van der Waals surface area contributed by atoms with E-state index in [9.17, 15) is 18.0 Å². The number of nitrogens with one attached hydrogen (secondary N) is 3. The molecular formula is C19H23BrN4O5S. The highest BCUT2D eigenvalue weighted by Gasteiger charge is 2.18. The van der Waals surface area contributed by atoms with Crippen molar-refractivity contribution >= 4 is 37.8 Å². The Balaban J connectivity index is 1.89.